The van der Waals surface area contributed by atoms with Gasteiger partial charge in [0.25, 0.3) is 0 Å². The summed E-state index contributed by atoms with van der Waals surface area (Å²) in [7, 11) is 0. The highest BCUT2D eigenvalue weighted by molar-refractivity contribution is 6.34. The van der Waals surface area contributed by atoms with E-state index in [1.165, 1.54) is 0 Å². The van der Waals surface area contributed by atoms with Gasteiger partial charge in [-0.05, 0) is 55.7 Å². The van der Waals surface area contributed by atoms with Gasteiger partial charge in [0, 0.05) is 10.7 Å². The SMILES string of the molecule is Cc1cc(C)c(NC(=O)CC(=O)Nc2cc(Cl)ccc2C)c(Cl)c1. The van der Waals surface area contributed by atoms with Crippen LogP contribution in [0.15, 0.2) is 30.3 Å². The Morgan fingerprint density at radius 2 is 1.58 bits per heavy atom. The Morgan fingerprint density at radius 1 is 0.917 bits per heavy atom. The first-order valence-electron chi connectivity index (χ1n) is 7.39. The van der Waals surface area contributed by atoms with E-state index in [1.807, 2.05) is 26.8 Å². The van der Waals surface area contributed by atoms with Crippen LogP contribution in [0.25, 0.3) is 0 Å². The van der Waals surface area contributed by atoms with Crippen molar-refractivity contribution in [2.75, 3.05) is 10.6 Å². The fourth-order valence-electron chi connectivity index (χ4n) is 2.33. The zero-order chi connectivity index (χ0) is 17.9. The number of nitrogens with one attached hydrogen (secondary N) is 2. The molecular formula is C18H18Cl2N2O2. The minimum atomic E-state index is -0.430. The molecule has 0 spiro atoms. The number of hydrogen-bond donors (Lipinski definition) is 2. The van der Waals surface area contributed by atoms with E-state index in [0.717, 1.165) is 16.7 Å². The Bertz CT molecular complexity index is 781. The molecular weight excluding hydrogens is 347 g/mol. The number of halogens is 2. The fourth-order valence-corrected chi connectivity index (χ4v) is 2.87. The lowest BCUT2D eigenvalue weighted by Gasteiger charge is -2.12. The molecule has 6 heteroatoms. The summed E-state index contributed by atoms with van der Waals surface area (Å²) in [6.45, 7) is 5.62. The van der Waals surface area contributed by atoms with Crippen LogP contribution in [0.1, 0.15) is 23.1 Å². The van der Waals surface area contributed by atoms with Gasteiger partial charge < -0.3 is 10.6 Å². The highest BCUT2D eigenvalue weighted by Crippen LogP contribution is 2.27. The van der Waals surface area contributed by atoms with Crippen LogP contribution >= 0.6 is 23.2 Å². The summed E-state index contributed by atoms with van der Waals surface area (Å²) in [4.78, 5) is 24.2. The summed E-state index contributed by atoms with van der Waals surface area (Å²) in [6.07, 6.45) is -0.310. The number of hydrogen-bond acceptors (Lipinski definition) is 2. The van der Waals surface area contributed by atoms with E-state index in [1.54, 1.807) is 24.3 Å². The van der Waals surface area contributed by atoms with Crippen molar-refractivity contribution >= 4 is 46.4 Å². The molecule has 0 bridgehead atoms. The second kappa shape index (κ2) is 7.69. The number of carbonyl (C=O) groups is 2. The quantitative estimate of drug-likeness (QED) is 0.759. The molecule has 0 aromatic heterocycles. The monoisotopic (exact) mass is 364 g/mol. The Morgan fingerprint density at radius 3 is 2.25 bits per heavy atom. The molecule has 0 radical (unpaired) electrons. The zero-order valence-electron chi connectivity index (χ0n) is 13.7. The molecule has 126 valence electrons. The molecule has 24 heavy (non-hydrogen) atoms. The van der Waals surface area contributed by atoms with Gasteiger partial charge in [-0.2, -0.15) is 0 Å². The van der Waals surface area contributed by atoms with Crippen molar-refractivity contribution in [1.82, 2.24) is 0 Å². The summed E-state index contributed by atoms with van der Waals surface area (Å²) in [6, 6.07) is 8.86. The molecule has 2 amide bonds. The van der Waals surface area contributed by atoms with Gasteiger partial charge in [0.2, 0.25) is 11.8 Å². The minimum absolute atomic E-state index is 0.310. The standard InChI is InChI=1S/C18H18Cl2N2O2/c1-10-6-12(3)18(14(20)7-10)22-17(24)9-16(23)21-15-8-13(19)5-4-11(15)2/h4-8H,9H2,1-3H3,(H,21,23)(H,22,24). The molecule has 0 saturated carbocycles. The fraction of sp³-hybridized carbons (Fsp3) is 0.222. The van der Waals surface area contributed by atoms with Crippen LogP contribution < -0.4 is 10.6 Å². The maximum absolute atomic E-state index is 12.1. The van der Waals surface area contributed by atoms with Crippen LogP contribution in [0.4, 0.5) is 11.4 Å². The smallest absolute Gasteiger partial charge is 0.233 e. The average Bonchev–Trinajstić information content (AvgIpc) is 2.46. The Balaban J connectivity index is 2.02. The van der Waals surface area contributed by atoms with Crippen molar-refractivity contribution < 1.29 is 9.59 Å². The minimum Gasteiger partial charge on any atom is -0.325 e. The number of benzene rings is 2. The molecule has 0 atom stereocenters. The van der Waals surface area contributed by atoms with Gasteiger partial charge in [-0.25, -0.2) is 0 Å². The van der Waals surface area contributed by atoms with Gasteiger partial charge in [-0.1, -0.05) is 35.3 Å². The highest BCUT2D eigenvalue weighted by atomic mass is 35.5. The third kappa shape index (κ3) is 4.73. The molecule has 2 aromatic rings. The molecule has 4 nitrogen and oxygen atoms in total. The largest absolute Gasteiger partial charge is 0.325 e. The van der Waals surface area contributed by atoms with Crippen LogP contribution in [0, 0.1) is 20.8 Å². The summed E-state index contributed by atoms with van der Waals surface area (Å²) < 4.78 is 0. The molecule has 0 aliphatic rings. The first-order valence-corrected chi connectivity index (χ1v) is 8.14. The van der Waals surface area contributed by atoms with Crippen LogP contribution in [0.3, 0.4) is 0 Å². The normalized spacial score (nSPS) is 10.4. The molecule has 0 unspecified atom stereocenters. The molecule has 0 aliphatic carbocycles. The highest BCUT2D eigenvalue weighted by Gasteiger charge is 2.14. The summed E-state index contributed by atoms with van der Waals surface area (Å²) >= 11 is 12.1. The Hall–Kier alpha value is -2.04. The second-order valence-electron chi connectivity index (χ2n) is 5.67. The lowest BCUT2D eigenvalue weighted by atomic mass is 10.1. The van der Waals surface area contributed by atoms with Gasteiger partial charge in [0.15, 0.2) is 0 Å². The van der Waals surface area contributed by atoms with Crippen LogP contribution in [0.5, 0.6) is 0 Å². The molecule has 2 aromatic carbocycles. The number of amides is 2. The first kappa shape index (κ1) is 18.3. The number of aryl methyl sites for hydroxylation is 3. The van der Waals surface area contributed by atoms with Crippen molar-refractivity contribution in [2.45, 2.75) is 27.2 Å². The van der Waals surface area contributed by atoms with Gasteiger partial charge in [-0.15, -0.1) is 0 Å². The lowest BCUT2D eigenvalue weighted by molar-refractivity contribution is -0.123. The third-order valence-corrected chi connectivity index (χ3v) is 4.02. The van der Waals surface area contributed by atoms with Crippen molar-refractivity contribution in [3.63, 3.8) is 0 Å². The van der Waals surface area contributed by atoms with E-state index in [-0.39, 0.29) is 6.42 Å². The van der Waals surface area contributed by atoms with E-state index in [2.05, 4.69) is 10.6 Å². The van der Waals surface area contributed by atoms with Crippen molar-refractivity contribution in [1.29, 1.82) is 0 Å². The topological polar surface area (TPSA) is 58.2 Å². The van der Waals surface area contributed by atoms with Crippen molar-refractivity contribution in [3.8, 4) is 0 Å². The third-order valence-electron chi connectivity index (χ3n) is 3.49. The zero-order valence-corrected chi connectivity index (χ0v) is 15.2. The van der Waals surface area contributed by atoms with E-state index in [9.17, 15) is 9.59 Å². The van der Waals surface area contributed by atoms with Gasteiger partial charge in [-0.3, -0.25) is 9.59 Å². The van der Waals surface area contributed by atoms with Gasteiger partial charge in [0.05, 0.1) is 10.7 Å². The first-order chi connectivity index (χ1) is 11.3. The van der Waals surface area contributed by atoms with E-state index >= 15 is 0 Å². The molecule has 0 saturated heterocycles. The predicted octanol–water partition coefficient (Wildman–Crippen LogP) is 4.89. The van der Waals surface area contributed by atoms with Crippen LogP contribution in [-0.2, 0) is 9.59 Å². The van der Waals surface area contributed by atoms with E-state index in [0.29, 0.717) is 21.4 Å². The maximum atomic E-state index is 12.1. The Labute approximate surface area is 151 Å². The van der Waals surface area contributed by atoms with Crippen LogP contribution in [-0.4, -0.2) is 11.8 Å². The number of carbonyl (C=O) groups excluding carboxylic acids is 2. The maximum Gasteiger partial charge on any atom is 0.233 e. The van der Waals surface area contributed by atoms with E-state index in [4.69, 9.17) is 23.2 Å². The summed E-state index contributed by atoms with van der Waals surface area (Å²) in [5.41, 5.74) is 3.83. The van der Waals surface area contributed by atoms with E-state index < -0.39 is 11.8 Å². The molecule has 2 rings (SSSR count). The average molecular weight is 365 g/mol. The predicted molar refractivity (Wildman–Crippen MR) is 99.0 cm³/mol. The van der Waals surface area contributed by atoms with Crippen molar-refractivity contribution in [2.24, 2.45) is 0 Å². The summed E-state index contributed by atoms with van der Waals surface area (Å²) in [5.74, 6) is -0.847. The number of anilines is 2. The summed E-state index contributed by atoms with van der Waals surface area (Å²) in [5, 5.41) is 6.35. The molecule has 2 N–H and O–H groups in total. The second-order valence-corrected chi connectivity index (χ2v) is 6.51. The molecule has 0 aliphatic heterocycles. The van der Waals surface area contributed by atoms with Crippen LogP contribution in [0.2, 0.25) is 10.0 Å². The Kier molecular flexibility index (Phi) is 5.86. The van der Waals surface area contributed by atoms with Gasteiger partial charge >= 0.3 is 0 Å². The van der Waals surface area contributed by atoms with Gasteiger partial charge in [0.1, 0.15) is 6.42 Å². The lowest BCUT2D eigenvalue weighted by Crippen LogP contribution is -2.22. The molecule has 0 fully saturated rings. The molecule has 0 heterocycles. The number of rotatable bonds is 4. The van der Waals surface area contributed by atoms with Crippen molar-refractivity contribution in [3.05, 3.63) is 57.1 Å².